The van der Waals surface area contributed by atoms with Crippen LogP contribution >= 0.6 is 0 Å². The molecule has 0 atom stereocenters. The van der Waals surface area contributed by atoms with E-state index >= 15 is 0 Å². The van der Waals surface area contributed by atoms with Gasteiger partial charge in [0.2, 0.25) is 0 Å². The molecule has 0 radical (unpaired) electrons. The van der Waals surface area contributed by atoms with Crippen LogP contribution in [-0.4, -0.2) is 24.1 Å². The fraction of sp³-hybridized carbons (Fsp3) is 0.167. The zero-order valence-corrected chi connectivity index (χ0v) is 12.7. The summed E-state index contributed by atoms with van der Waals surface area (Å²) in [5.41, 5.74) is 2.08. The van der Waals surface area contributed by atoms with Gasteiger partial charge in [0.1, 0.15) is 5.82 Å². The first-order chi connectivity index (χ1) is 11.4. The lowest BCUT2D eigenvalue weighted by atomic mass is 10.1. The number of benzene rings is 1. The highest BCUT2D eigenvalue weighted by Crippen LogP contribution is 2.25. The van der Waals surface area contributed by atoms with Gasteiger partial charge in [-0.15, -0.1) is 0 Å². The quantitative estimate of drug-likeness (QED) is 0.568. The lowest BCUT2D eigenvalue weighted by Crippen LogP contribution is -2.04. The molecule has 5 nitrogen and oxygen atoms in total. The minimum absolute atomic E-state index is 0.913. The lowest BCUT2D eigenvalue weighted by Gasteiger charge is -2.10. The summed E-state index contributed by atoms with van der Waals surface area (Å²) in [6.45, 7) is 1.86. The first-order valence-electron chi connectivity index (χ1n) is 7.73. The van der Waals surface area contributed by atoms with Gasteiger partial charge in [-0.2, -0.15) is 0 Å². The van der Waals surface area contributed by atoms with E-state index in [1.807, 2.05) is 43.4 Å². The third-order valence-corrected chi connectivity index (χ3v) is 3.96. The van der Waals surface area contributed by atoms with Crippen molar-refractivity contribution < 1.29 is 0 Å². The molecule has 5 heteroatoms. The number of hydrogen-bond donors (Lipinski definition) is 0. The predicted molar refractivity (Wildman–Crippen MR) is 89.8 cm³/mol. The molecule has 0 spiro atoms. The number of pyridine rings is 1. The number of imidazole rings is 2. The maximum Gasteiger partial charge on any atom is 0.142 e. The highest BCUT2D eigenvalue weighted by molar-refractivity contribution is 5.91. The number of aryl methyl sites for hydroxylation is 2. The molecule has 114 valence electrons. The fourth-order valence-electron chi connectivity index (χ4n) is 2.86. The van der Waals surface area contributed by atoms with E-state index in [1.165, 1.54) is 0 Å². The fourth-order valence-corrected chi connectivity index (χ4v) is 2.86. The van der Waals surface area contributed by atoms with Crippen molar-refractivity contribution in [2.75, 3.05) is 0 Å². The van der Waals surface area contributed by atoms with Gasteiger partial charge in [0, 0.05) is 55.0 Å². The van der Waals surface area contributed by atoms with Gasteiger partial charge in [-0.3, -0.25) is 4.98 Å². The van der Waals surface area contributed by atoms with Crippen molar-refractivity contribution in [2.45, 2.75) is 19.5 Å². The van der Waals surface area contributed by atoms with Crippen LogP contribution in [0.25, 0.3) is 22.3 Å². The molecule has 3 aromatic heterocycles. The molecule has 3 heterocycles. The smallest absolute Gasteiger partial charge is 0.142 e. The van der Waals surface area contributed by atoms with Crippen molar-refractivity contribution in [1.29, 1.82) is 0 Å². The number of rotatable bonds is 5. The van der Waals surface area contributed by atoms with E-state index in [9.17, 15) is 0 Å². The summed E-state index contributed by atoms with van der Waals surface area (Å²) >= 11 is 0. The van der Waals surface area contributed by atoms with Crippen LogP contribution in [0.5, 0.6) is 0 Å². The van der Waals surface area contributed by atoms with Gasteiger partial charge in [0.05, 0.1) is 11.8 Å². The van der Waals surface area contributed by atoms with Crippen molar-refractivity contribution in [2.24, 2.45) is 0 Å². The normalized spacial score (nSPS) is 11.1. The number of para-hydroxylation sites is 1. The van der Waals surface area contributed by atoms with Crippen molar-refractivity contribution in [1.82, 2.24) is 24.1 Å². The Bertz CT molecular complexity index is 903. The molecule has 1 aromatic carbocycles. The minimum Gasteiger partial charge on any atom is -0.337 e. The topological polar surface area (TPSA) is 48.5 Å². The largest absolute Gasteiger partial charge is 0.337 e. The van der Waals surface area contributed by atoms with Gasteiger partial charge in [-0.05, 0) is 18.6 Å². The predicted octanol–water partition coefficient (Wildman–Crippen LogP) is 3.39. The maximum absolute atomic E-state index is 4.56. The Morgan fingerprint density at radius 3 is 2.74 bits per heavy atom. The number of aromatic nitrogens is 5. The molecule has 0 fully saturated rings. The van der Waals surface area contributed by atoms with Gasteiger partial charge >= 0.3 is 0 Å². The zero-order valence-electron chi connectivity index (χ0n) is 12.7. The van der Waals surface area contributed by atoms with E-state index < -0.39 is 0 Å². The minimum atomic E-state index is 0.913. The second kappa shape index (κ2) is 6.04. The van der Waals surface area contributed by atoms with E-state index in [-0.39, 0.29) is 0 Å². The van der Waals surface area contributed by atoms with Crippen LogP contribution in [0, 0.1) is 0 Å². The molecule has 0 unspecified atom stereocenters. The molecule has 0 saturated carbocycles. The lowest BCUT2D eigenvalue weighted by molar-refractivity contribution is 0.566. The Morgan fingerprint density at radius 1 is 0.870 bits per heavy atom. The summed E-state index contributed by atoms with van der Waals surface area (Å²) in [6, 6.07) is 10.3. The number of nitrogens with zero attached hydrogens (tertiary/aromatic N) is 5. The zero-order chi connectivity index (χ0) is 15.5. The van der Waals surface area contributed by atoms with Crippen molar-refractivity contribution in [3.8, 4) is 11.4 Å². The van der Waals surface area contributed by atoms with Gasteiger partial charge in [0.25, 0.3) is 0 Å². The SMILES string of the molecule is c1cnc2c(-c3nccn3CCCn3ccnc3)cccc2c1. The first-order valence-corrected chi connectivity index (χ1v) is 7.73. The molecular formula is C18H17N5. The van der Waals surface area contributed by atoms with Crippen molar-refractivity contribution in [3.05, 3.63) is 67.6 Å². The number of fused-ring (bicyclic) bond motifs is 1. The van der Waals surface area contributed by atoms with Gasteiger partial charge in [-0.25, -0.2) is 9.97 Å². The van der Waals surface area contributed by atoms with Crippen LogP contribution in [0.15, 0.2) is 67.6 Å². The summed E-state index contributed by atoms with van der Waals surface area (Å²) in [6.07, 6.45) is 12.4. The van der Waals surface area contributed by atoms with E-state index in [1.54, 1.807) is 0 Å². The second-order valence-corrected chi connectivity index (χ2v) is 5.48. The summed E-state index contributed by atoms with van der Waals surface area (Å²) < 4.78 is 4.29. The van der Waals surface area contributed by atoms with E-state index in [2.05, 4.69) is 48.4 Å². The van der Waals surface area contributed by atoms with E-state index in [4.69, 9.17) is 0 Å². The van der Waals surface area contributed by atoms with Crippen LogP contribution in [0.3, 0.4) is 0 Å². The summed E-state index contributed by atoms with van der Waals surface area (Å²) in [5, 5.41) is 1.14. The van der Waals surface area contributed by atoms with E-state index in [0.29, 0.717) is 0 Å². The number of hydrogen-bond acceptors (Lipinski definition) is 3. The molecule has 0 aliphatic carbocycles. The molecule has 0 amide bonds. The van der Waals surface area contributed by atoms with Crippen molar-refractivity contribution in [3.63, 3.8) is 0 Å². The summed E-state index contributed by atoms with van der Waals surface area (Å²) in [7, 11) is 0. The Hall–Kier alpha value is -2.95. The maximum atomic E-state index is 4.56. The van der Waals surface area contributed by atoms with Crippen LogP contribution < -0.4 is 0 Å². The van der Waals surface area contributed by atoms with Gasteiger partial charge < -0.3 is 9.13 Å². The van der Waals surface area contributed by atoms with Crippen molar-refractivity contribution >= 4 is 10.9 Å². The average molecular weight is 303 g/mol. The standard InChI is InChI=1S/C18H17N5/c1-4-15-5-2-7-20-17(15)16(6-1)18-21-9-13-23(18)11-3-10-22-12-8-19-14-22/h1-2,4-9,12-14H,3,10-11H2. The Balaban J connectivity index is 1.61. The average Bonchev–Trinajstić information content (AvgIpc) is 3.26. The molecule has 4 aromatic rings. The third kappa shape index (κ3) is 2.73. The Labute approximate surface area is 134 Å². The summed E-state index contributed by atoms with van der Waals surface area (Å²) in [4.78, 5) is 13.2. The van der Waals surface area contributed by atoms with Crippen LogP contribution in [0.1, 0.15) is 6.42 Å². The first kappa shape index (κ1) is 13.7. The monoisotopic (exact) mass is 303 g/mol. The second-order valence-electron chi connectivity index (χ2n) is 5.48. The molecule has 4 rings (SSSR count). The van der Waals surface area contributed by atoms with Crippen LogP contribution in [0.4, 0.5) is 0 Å². The Morgan fingerprint density at radius 2 is 1.83 bits per heavy atom. The molecular weight excluding hydrogens is 286 g/mol. The molecule has 0 saturated heterocycles. The van der Waals surface area contributed by atoms with Crippen LogP contribution in [-0.2, 0) is 13.1 Å². The van der Waals surface area contributed by atoms with E-state index in [0.717, 1.165) is 41.8 Å². The van der Waals surface area contributed by atoms with Gasteiger partial charge in [-0.1, -0.05) is 18.2 Å². The highest BCUT2D eigenvalue weighted by Gasteiger charge is 2.10. The third-order valence-electron chi connectivity index (χ3n) is 3.96. The molecule has 0 N–H and O–H groups in total. The summed E-state index contributed by atoms with van der Waals surface area (Å²) in [5.74, 6) is 0.972. The highest BCUT2D eigenvalue weighted by atomic mass is 15.1. The Kier molecular flexibility index (Phi) is 3.60. The van der Waals surface area contributed by atoms with Crippen LogP contribution in [0.2, 0.25) is 0 Å². The molecule has 0 aliphatic heterocycles. The molecule has 0 aliphatic rings. The molecule has 0 bridgehead atoms. The molecule has 23 heavy (non-hydrogen) atoms. The van der Waals surface area contributed by atoms with Gasteiger partial charge in [0.15, 0.2) is 0 Å².